The van der Waals surface area contributed by atoms with Gasteiger partial charge in [-0.15, -0.1) is 0 Å². The molecule has 0 unspecified atom stereocenters. The molecule has 0 aliphatic carbocycles. The first kappa shape index (κ1) is 43.8. The second kappa shape index (κ2) is 20.6. The molecular weight excluding hydrogens is 1060 g/mol. The minimum absolute atomic E-state index is 0.564. The van der Waals surface area contributed by atoms with Crippen molar-refractivity contribution < 1.29 is 18.9 Å². The number of fused-ring (bicyclic) bond motifs is 4. The molecule has 4 aromatic rings. The highest BCUT2D eigenvalue weighted by molar-refractivity contribution is 9.09. The van der Waals surface area contributed by atoms with Crippen LogP contribution in [0.1, 0.15) is 22.3 Å². The summed E-state index contributed by atoms with van der Waals surface area (Å²) in [5.41, 5.74) is 13.6. The van der Waals surface area contributed by atoms with Crippen molar-refractivity contribution in [1.29, 1.82) is 0 Å². The van der Waals surface area contributed by atoms with Crippen LogP contribution in [-0.2, 0) is 0 Å². The molecule has 0 saturated heterocycles. The van der Waals surface area contributed by atoms with Gasteiger partial charge in [-0.3, -0.25) is 0 Å². The summed E-state index contributed by atoms with van der Waals surface area (Å²) in [7, 11) is 0. The van der Waals surface area contributed by atoms with Gasteiger partial charge in [-0.05, 0) is 119 Å². The smallest absolute Gasteiger partial charge is 0.119 e. The highest BCUT2D eigenvalue weighted by atomic mass is 79.9. The van der Waals surface area contributed by atoms with Crippen LogP contribution in [0, 0.1) is 0 Å². The van der Waals surface area contributed by atoms with Crippen molar-refractivity contribution >= 4 is 109 Å². The Bertz CT molecular complexity index is 2430. The first-order valence-corrected chi connectivity index (χ1v) is 25.2. The Labute approximate surface area is 406 Å². The Morgan fingerprint density at radius 1 is 0.281 bits per heavy atom. The maximum Gasteiger partial charge on any atom is 0.119 e. The highest BCUT2D eigenvalue weighted by Crippen LogP contribution is 2.39. The molecule has 0 radical (unpaired) electrons. The van der Waals surface area contributed by atoms with Crippen LogP contribution in [0.15, 0.2) is 188 Å². The van der Waals surface area contributed by atoms with Crippen molar-refractivity contribution in [3.8, 4) is 23.0 Å². The summed E-state index contributed by atoms with van der Waals surface area (Å²) in [5.74, 6) is 3.14. The lowest BCUT2D eigenvalue weighted by Crippen LogP contribution is -2.04. The normalized spacial score (nSPS) is 16.2. The Kier molecular flexibility index (Phi) is 14.1. The van der Waals surface area contributed by atoms with E-state index in [0.717, 1.165) is 134 Å². The van der Waals surface area contributed by atoms with E-state index in [9.17, 15) is 0 Å². The summed E-state index contributed by atoms with van der Waals surface area (Å²) >= 11 is 13.9. The van der Waals surface area contributed by atoms with Gasteiger partial charge in [0.25, 0.3) is 0 Å². The molecule has 5 heterocycles. The average molecular weight is 1100 g/mol. The van der Waals surface area contributed by atoms with Gasteiger partial charge in [-0.1, -0.05) is 112 Å². The first-order valence-electron chi connectivity index (χ1n) is 20.8. The van der Waals surface area contributed by atoms with Crippen LogP contribution in [0.5, 0.6) is 23.0 Å². The average Bonchev–Trinajstić information content (AvgIpc) is 4.19. The molecule has 5 aliphatic heterocycles. The topological polar surface area (TPSA) is 86.4 Å². The van der Waals surface area contributed by atoms with Gasteiger partial charge in [0.2, 0.25) is 0 Å². The van der Waals surface area contributed by atoms with Crippen molar-refractivity contribution in [2.75, 3.05) is 47.7 Å². The number of hydrogen-bond donors (Lipinski definition) is 0. The SMILES string of the molecule is BrCCOc1ccc(C2=C3C=CC(=N3)C(c3ccc(OCCBr)cc3)=C3C=CC(=N3)C(c3ccc(OCCBr)cc3)=C3C=CC(=N3)C(c3ccc(OCCBr)cc3)=C3C=CC2=N3)cc1. The predicted molar refractivity (Wildman–Crippen MR) is 277 cm³/mol. The van der Waals surface area contributed by atoms with Gasteiger partial charge in [-0.2, -0.15) is 0 Å². The number of rotatable bonds is 16. The fourth-order valence-electron chi connectivity index (χ4n) is 7.77. The van der Waals surface area contributed by atoms with E-state index < -0.39 is 0 Å². The zero-order valence-corrected chi connectivity index (χ0v) is 40.8. The lowest BCUT2D eigenvalue weighted by atomic mass is 9.98. The van der Waals surface area contributed by atoms with E-state index in [4.69, 9.17) is 38.9 Å². The second-order valence-corrected chi connectivity index (χ2v) is 17.8. The number of alkyl halides is 4. The number of ether oxygens (including phenoxy) is 4. The third-order valence-corrected chi connectivity index (χ3v) is 11.9. The number of benzene rings is 4. The van der Waals surface area contributed by atoms with Crippen molar-refractivity contribution in [3.05, 3.63) is 191 Å². The molecule has 0 fully saturated rings. The van der Waals surface area contributed by atoms with Crippen LogP contribution >= 0.6 is 63.7 Å². The van der Waals surface area contributed by atoms with Gasteiger partial charge < -0.3 is 18.9 Å². The van der Waals surface area contributed by atoms with Crippen LogP contribution in [0.3, 0.4) is 0 Å². The van der Waals surface area contributed by atoms with Crippen molar-refractivity contribution in [2.24, 2.45) is 20.0 Å². The minimum atomic E-state index is 0.564. The van der Waals surface area contributed by atoms with Crippen LogP contribution in [0.4, 0.5) is 0 Å². The summed E-state index contributed by atoms with van der Waals surface area (Å²) in [6.07, 6.45) is 16.6. The molecule has 8 nitrogen and oxygen atoms in total. The van der Waals surface area contributed by atoms with Gasteiger partial charge in [0.1, 0.15) is 23.0 Å². The molecule has 0 amide bonds. The van der Waals surface area contributed by atoms with E-state index in [1.165, 1.54) is 0 Å². The molecule has 4 aromatic carbocycles. The largest absolute Gasteiger partial charge is 0.493 e. The van der Waals surface area contributed by atoms with Gasteiger partial charge in [0, 0.05) is 43.6 Å². The molecule has 0 spiro atoms. The number of hydrogen-bond acceptors (Lipinski definition) is 8. The Morgan fingerprint density at radius 2 is 0.484 bits per heavy atom. The fraction of sp³-hybridized carbons (Fsp3) is 0.154. The second-order valence-electron chi connectivity index (χ2n) is 14.6. The molecular formula is C52H40Br4N4O4. The summed E-state index contributed by atoms with van der Waals surface area (Å²) in [5, 5.41) is 2.95. The Hall–Kier alpha value is -5.40. The zero-order chi connectivity index (χ0) is 43.8. The van der Waals surface area contributed by atoms with E-state index in [1.807, 2.05) is 48.5 Å². The van der Waals surface area contributed by atoms with E-state index in [-0.39, 0.29) is 0 Å². The maximum absolute atomic E-state index is 5.94. The monoisotopic (exact) mass is 1100 g/mol. The van der Waals surface area contributed by atoms with Crippen molar-refractivity contribution in [2.45, 2.75) is 0 Å². The van der Waals surface area contributed by atoms with E-state index in [0.29, 0.717) is 26.4 Å². The molecule has 0 atom stereocenters. The molecule has 9 rings (SSSR count). The Balaban J connectivity index is 1.28. The maximum atomic E-state index is 5.94. The lowest BCUT2D eigenvalue weighted by Gasteiger charge is -2.14. The quantitative estimate of drug-likeness (QED) is 0.105. The number of allylic oxidation sites excluding steroid dienone is 12. The summed E-state index contributed by atoms with van der Waals surface area (Å²) in [6.45, 7) is 2.26. The van der Waals surface area contributed by atoms with Crippen LogP contribution in [-0.4, -0.2) is 70.6 Å². The molecule has 320 valence electrons. The van der Waals surface area contributed by atoms with E-state index >= 15 is 0 Å². The van der Waals surface area contributed by atoms with Gasteiger partial charge in [0.15, 0.2) is 0 Å². The van der Waals surface area contributed by atoms with Crippen molar-refractivity contribution in [3.63, 3.8) is 0 Å². The van der Waals surface area contributed by atoms with E-state index in [1.54, 1.807) is 0 Å². The zero-order valence-electron chi connectivity index (χ0n) is 34.4. The van der Waals surface area contributed by atoms with Crippen LogP contribution in [0.2, 0.25) is 0 Å². The standard InChI is InChI=1S/C52H40Br4N4O4/c53-25-29-61-37-9-1-33(2-10-37)49-41-17-19-43(57-41)50(34-3-11-38(12-4-34)62-30-26-54)45-21-23-47(59-45)52(36-7-15-40(16-8-36)64-32-28-56)48-24-22-46(60-48)51(44-20-18-42(49)58-44)35-5-13-39(14-6-35)63-31-27-55/h1-24H,25-32H2. The van der Waals surface area contributed by atoms with Crippen LogP contribution in [0.25, 0.3) is 22.3 Å². The third-order valence-electron chi connectivity index (χ3n) is 10.6. The number of nitrogens with zero attached hydrogens (tertiary/aromatic N) is 4. The molecule has 64 heavy (non-hydrogen) atoms. The lowest BCUT2D eigenvalue weighted by molar-refractivity contribution is 0.345. The van der Waals surface area contributed by atoms with Gasteiger partial charge in [0.05, 0.1) is 72.1 Å². The number of halogens is 4. The number of aliphatic imine (C=N–C) groups is 4. The molecule has 0 saturated carbocycles. The third kappa shape index (κ3) is 9.66. The minimum Gasteiger partial charge on any atom is -0.493 e. The Morgan fingerprint density at radius 3 is 0.672 bits per heavy atom. The van der Waals surface area contributed by atoms with Crippen LogP contribution < -0.4 is 18.9 Å². The highest BCUT2D eigenvalue weighted by Gasteiger charge is 2.28. The van der Waals surface area contributed by atoms with Crippen molar-refractivity contribution in [1.82, 2.24) is 0 Å². The summed E-state index contributed by atoms with van der Waals surface area (Å²) in [4.78, 5) is 21.6. The molecule has 8 bridgehead atoms. The fourth-order valence-corrected chi connectivity index (χ4v) is 8.42. The van der Waals surface area contributed by atoms with Gasteiger partial charge in [-0.25, -0.2) is 20.0 Å². The predicted octanol–water partition coefficient (Wildman–Crippen LogP) is 12.8. The molecule has 5 aliphatic rings. The van der Waals surface area contributed by atoms with E-state index in [2.05, 4.69) is 161 Å². The molecule has 12 heteroatoms. The van der Waals surface area contributed by atoms with Gasteiger partial charge >= 0.3 is 0 Å². The summed E-state index contributed by atoms with van der Waals surface area (Å²) in [6, 6.07) is 32.5. The molecule has 0 aromatic heterocycles. The molecule has 0 N–H and O–H groups in total. The first-order chi connectivity index (χ1) is 31.5. The summed E-state index contributed by atoms with van der Waals surface area (Å²) < 4.78 is 23.8.